The Kier molecular flexibility index (Phi) is 3.89. The van der Waals surface area contributed by atoms with Gasteiger partial charge in [-0.05, 0) is 28.1 Å². The molecule has 0 spiro atoms. The molecule has 0 saturated carbocycles. The fourth-order valence-corrected chi connectivity index (χ4v) is 2.18. The number of carbonyl (C=O) groups excluding carboxylic acids is 1. The molecule has 0 N–H and O–H groups in total. The van der Waals surface area contributed by atoms with Crippen LogP contribution in [0.4, 0.5) is 0 Å². The molecule has 1 unspecified atom stereocenters. The Labute approximate surface area is 107 Å². The lowest BCUT2D eigenvalue weighted by atomic mass is 10.2. The summed E-state index contributed by atoms with van der Waals surface area (Å²) in [6.45, 7) is 1.58. The molecule has 1 aliphatic rings. The second-order valence-electron chi connectivity index (χ2n) is 3.49. The zero-order valence-corrected chi connectivity index (χ0v) is 10.8. The highest BCUT2D eigenvalue weighted by Crippen LogP contribution is 2.18. The Morgan fingerprint density at radius 1 is 1.62 bits per heavy atom. The van der Waals surface area contributed by atoms with Gasteiger partial charge in [-0.25, -0.2) is 0 Å². The van der Waals surface area contributed by atoms with E-state index in [-0.39, 0.29) is 11.9 Å². The van der Waals surface area contributed by atoms with E-state index in [2.05, 4.69) is 15.9 Å². The van der Waals surface area contributed by atoms with E-state index in [1.54, 1.807) is 17.0 Å². The third kappa shape index (κ3) is 2.42. The minimum absolute atomic E-state index is 0.0770. The lowest BCUT2D eigenvalue weighted by Gasteiger charge is -2.33. The van der Waals surface area contributed by atoms with Crippen molar-refractivity contribution in [3.05, 3.63) is 22.6 Å². The second-order valence-corrected chi connectivity index (χ2v) is 4.58. The van der Waals surface area contributed by atoms with E-state index in [9.17, 15) is 4.79 Å². The van der Waals surface area contributed by atoms with Crippen LogP contribution in [0.15, 0.2) is 21.2 Å². The van der Waals surface area contributed by atoms with E-state index in [1.807, 2.05) is 0 Å². The minimum Gasteiger partial charge on any atom is -0.444 e. The highest BCUT2D eigenvalue weighted by molar-refractivity contribution is 9.10. The maximum Gasteiger partial charge on any atom is 0.290 e. The summed E-state index contributed by atoms with van der Waals surface area (Å²) in [5.74, 6) is 0.553. The molecule has 0 bridgehead atoms. The summed E-state index contributed by atoms with van der Waals surface area (Å²) in [7, 11) is 0. The van der Waals surface area contributed by atoms with Crippen LogP contribution in [0.3, 0.4) is 0 Å². The molecule has 1 saturated heterocycles. The van der Waals surface area contributed by atoms with Gasteiger partial charge < -0.3 is 14.1 Å². The number of nitrogens with zero attached hydrogens (tertiary/aromatic N) is 1. The molecule has 0 aromatic carbocycles. The van der Waals surface area contributed by atoms with Crippen molar-refractivity contribution in [1.29, 1.82) is 0 Å². The van der Waals surface area contributed by atoms with Crippen LogP contribution >= 0.6 is 27.5 Å². The largest absolute Gasteiger partial charge is 0.444 e. The molecule has 0 aliphatic carbocycles. The van der Waals surface area contributed by atoms with E-state index in [1.165, 1.54) is 0 Å². The Morgan fingerprint density at radius 2 is 2.44 bits per heavy atom. The predicted molar refractivity (Wildman–Crippen MR) is 62.8 cm³/mol. The van der Waals surface area contributed by atoms with Crippen molar-refractivity contribution < 1.29 is 13.9 Å². The number of amides is 1. The van der Waals surface area contributed by atoms with E-state index < -0.39 is 0 Å². The van der Waals surface area contributed by atoms with Crippen molar-refractivity contribution in [3.8, 4) is 0 Å². The number of morpholine rings is 1. The van der Waals surface area contributed by atoms with Crippen LogP contribution in [0, 0.1) is 0 Å². The summed E-state index contributed by atoms with van der Waals surface area (Å²) in [5, 5.41) is 0. The van der Waals surface area contributed by atoms with Crippen LogP contribution in [-0.4, -0.2) is 42.5 Å². The zero-order chi connectivity index (χ0) is 11.5. The first kappa shape index (κ1) is 12.0. The molecule has 0 radical (unpaired) electrons. The zero-order valence-electron chi connectivity index (χ0n) is 8.49. The molecule has 1 atom stereocenters. The maximum absolute atomic E-state index is 12.1. The molecule has 1 aromatic rings. The topological polar surface area (TPSA) is 42.7 Å². The van der Waals surface area contributed by atoms with Crippen molar-refractivity contribution in [2.24, 2.45) is 0 Å². The van der Waals surface area contributed by atoms with Gasteiger partial charge in [-0.2, -0.15) is 0 Å². The molecule has 1 fully saturated rings. The summed E-state index contributed by atoms with van der Waals surface area (Å²) in [6, 6.07) is 3.27. The molecule has 6 heteroatoms. The van der Waals surface area contributed by atoms with Crippen LogP contribution in [0.25, 0.3) is 0 Å². The first-order valence-corrected chi connectivity index (χ1v) is 6.25. The van der Waals surface area contributed by atoms with Gasteiger partial charge in [0, 0.05) is 12.4 Å². The van der Waals surface area contributed by atoms with Gasteiger partial charge in [-0.15, -0.1) is 11.6 Å². The lowest BCUT2D eigenvalue weighted by Crippen LogP contribution is -2.49. The summed E-state index contributed by atoms with van der Waals surface area (Å²) in [5.41, 5.74) is 0. The standard InChI is InChI=1S/C10H11BrClNO3/c11-9-2-1-8(16-9)10(14)13-3-4-15-6-7(13)5-12/h1-2,7H,3-6H2. The number of halogens is 2. The number of hydrogen-bond acceptors (Lipinski definition) is 3. The fourth-order valence-electron chi connectivity index (χ4n) is 1.62. The number of rotatable bonds is 2. The molecule has 16 heavy (non-hydrogen) atoms. The molecule has 2 heterocycles. The quantitative estimate of drug-likeness (QED) is 0.786. The van der Waals surface area contributed by atoms with E-state index >= 15 is 0 Å². The summed E-state index contributed by atoms with van der Waals surface area (Å²) >= 11 is 8.97. The maximum atomic E-state index is 12.1. The molecule has 2 rings (SSSR count). The predicted octanol–water partition coefficient (Wildman–Crippen LogP) is 2.12. The van der Waals surface area contributed by atoms with Gasteiger partial charge in [0.2, 0.25) is 0 Å². The molecule has 1 amide bonds. The molecule has 4 nitrogen and oxygen atoms in total. The lowest BCUT2D eigenvalue weighted by molar-refractivity contribution is 0.00286. The molecule has 1 aliphatic heterocycles. The monoisotopic (exact) mass is 307 g/mol. The molecule has 88 valence electrons. The molecular weight excluding hydrogens is 297 g/mol. The average Bonchev–Trinajstić information content (AvgIpc) is 2.75. The van der Waals surface area contributed by atoms with Crippen molar-refractivity contribution in [2.45, 2.75) is 6.04 Å². The SMILES string of the molecule is O=C(c1ccc(Br)o1)N1CCOCC1CCl. The van der Waals surface area contributed by atoms with Crippen molar-refractivity contribution in [3.63, 3.8) is 0 Å². The number of ether oxygens (including phenoxy) is 1. The van der Waals surface area contributed by atoms with Crippen molar-refractivity contribution in [2.75, 3.05) is 25.6 Å². The summed E-state index contributed by atoms with van der Waals surface area (Å²) in [4.78, 5) is 13.8. The second kappa shape index (κ2) is 5.21. The van der Waals surface area contributed by atoms with E-state index in [0.29, 0.717) is 36.1 Å². The third-order valence-electron chi connectivity index (χ3n) is 2.45. The number of alkyl halides is 1. The van der Waals surface area contributed by atoms with Gasteiger partial charge in [-0.3, -0.25) is 4.79 Å². The molecular formula is C10H11BrClNO3. The third-order valence-corrected chi connectivity index (χ3v) is 3.23. The van der Waals surface area contributed by atoms with Gasteiger partial charge in [-0.1, -0.05) is 0 Å². The Bertz CT molecular complexity index is 382. The summed E-state index contributed by atoms with van der Waals surface area (Å²) in [6.07, 6.45) is 0. The highest BCUT2D eigenvalue weighted by Gasteiger charge is 2.28. The number of hydrogen-bond donors (Lipinski definition) is 0. The normalized spacial score (nSPS) is 21.1. The Hall–Kier alpha value is -0.520. The Balaban J connectivity index is 2.13. The van der Waals surface area contributed by atoms with Crippen LogP contribution in [0.5, 0.6) is 0 Å². The average molecular weight is 309 g/mol. The van der Waals surface area contributed by atoms with Crippen molar-refractivity contribution in [1.82, 2.24) is 4.90 Å². The van der Waals surface area contributed by atoms with Crippen LogP contribution in [0.2, 0.25) is 0 Å². The highest BCUT2D eigenvalue weighted by atomic mass is 79.9. The van der Waals surface area contributed by atoms with Crippen LogP contribution < -0.4 is 0 Å². The van der Waals surface area contributed by atoms with E-state index in [4.69, 9.17) is 20.8 Å². The summed E-state index contributed by atoms with van der Waals surface area (Å²) < 4.78 is 11.1. The molecule has 1 aromatic heterocycles. The van der Waals surface area contributed by atoms with Crippen LogP contribution in [-0.2, 0) is 4.74 Å². The minimum atomic E-state index is -0.139. The van der Waals surface area contributed by atoms with Crippen molar-refractivity contribution >= 4 is 33.4 Å². The van der Waals surface area contributed by atoms with E-state index in [0.717, 1.165) is 0 Å². The smallest absolute Gasteiger partial charge is 0.290 e. The number of furan rings is 1. The van der Waals surface area contributed by atoms with Gasteiger partial charge in [0.1, 0.15) is 0 Å². The van der Waals surface area contributed by atoms with Gasteiger partial charge in [0.05, 0.1) is 19.3 Å². The first-order valence-electron chi connectivity index (χ1n) is 4.92. The fraction of sp³-hybridized carbons (Fsp3) is 0.500. The number of carbonyl (C=O) groups is 1. The Morgan fingerprint density at radius 3 is 3.06 bits per heavy atom. The van der Waals surface area contributed by atoms with Gasteiger partial charge in [0.15, 0.2) is 10.4 Å². The van der Waals surface area contributed by atoms with Gasteiger partial charge in [0.25, 0.3) is 5.91 Å². The first-order chi connectivity index (χ1) is 7.72. The van der Waals surface area contributed by atoms with Gasteiger partial charge >= 0.3 is 0 Å². The van der Waals surface area contributed by atoms with Crippen LogP contribution in [0.1, 0.15) is 10.6 Å².